The van der Waals surface area contributed by atoms with Crippen LogP contribution in [-0.4, -0.2) is 40.4 Å². The largest absolute Gasteiger partial charge is 0.497 e. The first-order chi connectivity index (χ1) is 16.6. The van der Waals surface area contributed by atoms with Crippen LogP contribution in [-0.2, 0) is 14.9 Å². The van der Waals surface area contributed by atoms with Crippen molar-refractivity contribution in [2.24, 2.45) is 0 Å². The van der Waals surface area contributed by atoms with Gasteiger partial charge in [0.2, 0.25) is 0 Å². The number of carbonyl (C=O) groups excluding carboxylic acids is 2. The van der Waals surface area contributed by atoms with Crippen molar-refractivity contribution in [3.8, 4) is 11.5 Å². The lowest BCUT2D eigenvalue weighted by molar-refractivity contribution is 0.0600. The second-order valence-corrected chi connectivity index (χ2v) is 8.88. The van der Waals surface area contributed by atoms with Gasteiger partial charge in [-0.3, -0.25) is 0 Å². The molecule has 0 unspecified atom stereocenters. The summed E-state index contributed by atoms with van der Waals surface area (Å²) in [6, 6.07) is 18.2. The van der Waals surface area contributed by atoms with Gasteiger partial charge in [-0.25, -0.2) is 9.59 Å². The Labute approximate surface area is 206 Å². The number of benzene rings is 3. The van der Waals surface area contributed by atoms with Crippen molar-refractivity contribution in [2.75, 3.05) is 33.3 Å². The van der Waals surface area contributed by atoms with Crippen LogP contribution in [0.5, 0.6) is 11.5 Å². The summed E-state index contributed by atoms with van der Waals surface area (Å²) >= 11 is 0. The van der Waals surface area contributed by atoms with E-state index in [4.69, 9.17) is 18.9 Å². The van der Waals surface area contributed by atoms with E-state index in [2.05, 4.69) is 0 Å². The van der Waals surface area contributed by atoms with Gasteiger partial charge in [0.25, 0.3) is 0 Å². The summed E-state index contributed by atoms with van der Waals surface area (Å²) in [4.78, 5) is 28.0. The molecular weight excluding hydrogens is 446 g/mol. The van der Waals surface area contributed by atoms with E-state index >= 15 is 0 Å². The van der Waals surface area contributed by atoms with Crippen LogP contribution in [0.25, 0.3) is 0 Å². The van der Waals surface area contributed by atoms with Gasteiger partial charge in [0.15, 0.2) is 0 Å². The molecule has 0 bridgehead atoms. The van der Waals surface area contributed by atoms with Crippen LogP contribution < -0.4 is 14.4 Å². The second kappa shape index (κ2) is 10.5. The summed E-state index contributed by atoms with van der Waals surface area (Å²) in [6.07, 6.45) is 0. The highest BCUT2D eigenvalue weighted by atomic mass is 16.5. The number of hydrogen-bond donors (Lipinski definition) is 0. The molecule has 0 fully saturated rings. The summed E-state index contributed by atoms with van der Waals surface area (Å²) < 4.78 is 20.9. The van der Waals surface area contributed by atoms with Crippen molar-refractivity contribution in [2.45, 2.75) is 26.2 Å². The topological polar surface area (TPSA) is 74.3 Å². The Kier molecular flexibility index (Phi) is 7.69. The lowest BCUT2D eigenvalue weighted by atomic mass is 9.84. The standard InChI is InChI=1S/C28H31NO6/c1-28(2,3)18-16-23(26(30)34-6)25(24(17-18)27(31)35-7)29(19-8-12-21(32-4)13-9-19)20-10-14-22(33-5)15-11-20/h8-17H,1-7H3. The maximum Gasteiger partial charge on any atom is 0.340 e. The van der Waals surface area contributed by atoms with Gasteiger partial charge in [0, 0.05) is 11.4 Å². The summed E-state index contributed by atoms with van der Waals surface area (Å²) in [7, 11) is 5.82. The highest BCUT2D eigenvalue weighted by Crippen LogP contribution is 2.42. The summed E-state index contributed by atoms with van der Waals surface area (Å²) in [5, 5.41) is 0. The van der Waals surface area contributed by atoms with Gasteiger partial charge in [-0.2, -0.15) is 0 Å². The van der Waals surface area contributed by atoms with Crippen LogP contribution in [0.2, 0.25) is 0 Å². The Bertz CT molecular complexity index is 1110. The first kappa shape index (κ1) is 25.6. The van der Waals surface area contributed by atoms with Gasteiger partial charge in [-0.15, -0.1) is 0 Å². The molecule has 7 nitrogen and oxygen atoms in total. The number of anilines is 3. The van der Waals surface area contributed by atoms with E-state index in [1.54, 1.807) is 26.4 Å². The minimum absolute atomic E-state index is 0.243. The van der Waals surface area contributed by atoms with Gasteiger partial charge in [0.05, 0.1) is 45.3 Å². The van der Waals surface area contributed by atoms with Gasteiger partial charge in [-0.1, -0.05) is 20.8 Å². The average molecular weight is 478 g/mol. The number of esters is 2. The van der Waals surface area contributed by atoms with Gasteiger partial charge in [0.1, 0.15) is 11.5 Å². The number of methoxy groups -OCH3 is 4. The predicted octanol–water partition coefficient (Wildman–Crippen LogP) is 6.04. The van der Waals surface area contributed by atoms with Crippen LogP contribution >= 0.6 is 0 Å². The van der Waals surface area contributed by atoms with Gasteiger partial charge in [-0.05, 0) is 71.6 Å². The van der Waals surface area contributed by atoms with Crippen molar-refractivity contribution < 1.29 is 28.5 Å². The van der Waals surface area contributed by atoms with E-state index in [0.29, 0.717) is 28.6 Å². The molecular formula is C28H31NO6. The molecule has 0 aliphatic carbocycles. The van der Waals surface area contributed by atoms with E-state index in [1.165, 1.54) is 14.2 Å². The van der Waals surface area contributed by atoms with Crippen molar-refractivity contribution in [1.82, 2.24) is 0 Å². The third-order valence-corrected chi connectivity index (χ3v) is 5.67. The van der Waals surface area contributed by atoms with Crippen LogP contribution in [0, 0.1) is 0 Å². The molecule has 184 valence electrons. The normalized spacial score (nSPS) is 10.9. The fourth-order valence-electron chi connectivity index (χ4n) is 3.71. The SMILES string of the molecule is COC(=O)c1cc(C(C)(C)C)cc(C(=O)OC)c1N(c1ccc(OC)cc1)c1ccc(OC)cc1. The number of carbonyl (C=O) groups is 2. The molecule has 0 heterocycles. The van der Waals surface area contributed by atoms with Crippen LogP contribution in [0.1, 0.15) is 47.1 Å². The van der Waals surface area contributed by atoms with Crippen molar-refractivity contribution >= 4 is 29.0 Å². The fourth-order valence-corrected chi connectivity index (χ4v) is 3.71. The highest BCUT2D eigenvalue weighted by Gasteiger charge is 2.30. The van der Waals surface area contributed by atoms with E-state index in [9.17, 15) is 9.59 Å². The zero-order valence-electron chi connectivity index (χ0n) is 21.2. The zero-order chi connectivity index (χ0) is 25.8. The first-order valence-corrected chi connectivity index (χ1v) is 11.1. The number of ether oxygens (including phenoxy) is 4. The number of hydrogen-bond acceptors (Lipinski definition) is 7. The maximum atomic E-state index is 13.1. The van der Waals surface area contributed by atoms with E-state index in [-0.39, 0.29) is 16.5 Å². The summed E-state index contributed by atoms with van der Waals surface area (Å²) in [6.45, 7) is 6.03. The van der Waals surface area contributed by atoms with Crippen molar-refractivity contribution in [1.29, 1.82) is 0 Å². The molecule has 0 atom stereocenters. The Morgan fingerprint density at radius 2 is 1.03 bits per heavy atom. The third kappa shape index (κ3) is 5.40. The predicted molar refractivity (Wildman–Crippen MR) is 136 cm³/mol. The molecule has 0 aliphatic rings. The first-order valence-electron chi connectivity index (χ1n) is 11.1. The Balaban J connectivity index is 2.43. The zero-order valence-corrected chi connectivity index (χ0v) is 21.2. The molecule has 0 aromatic heterocycles. The Morgan fingerprint density at radius 1 is 0.657 bits per heavy atom. The molecule has 0 N–H and O–H groups in total. The minimum atomic E-state index is -0.566. The molecule has 35 heavy (non-hydrogen) atoms. The molecule has 0 saturated carbocycles. The Morgan fingerprint density at radius 3 is 1.31 bits per heavy atom. The molecule has 0 aliphatic heterocycles. The monoisotopic (exact) mass is 477 g/mol. The molecule has 3 rings (SSSR count). The lowest BCUT2D eigenvalue weighted by Gasteiger charge is -2.31. The van der Waals surface area contributed by atoms with E-state index in [0.717, 1.165) is 5.56 Å². The minimum Gasteiger partial charge on any atom is -0.497 e. The second-order valence-electron chi connectivity index (χ2n) is 8.88. The number of nitrogens with zero attached hydrogens (tertiary/aromatic N) is 1. The molecule has 0 amide bonds. The van der Waals surface area contributed by atoms with Gasteiger partial charge < -0.3 is 23.8 Å². The van der Waals surface area contributed by atoms with Gasteiger partial charge >= 0.3 is 11.9 Å². The fraction of sp³-hybridized carbons (Fsp3) is 0.286. The molecule has 0 saturated heterocycles. The smallest absolute Gasteiger partial charge is 0.340 e. The molecule has 3 aromatic carbocycles. The molecule has 3 aromatic rings. The summed E-state index contributed by atoms with van der Waals surface area (Å²) in [5.41, 5.74) is 2.71. The van der Waals surface area contributed by atoms with Crippen LogP contribution in [0.15, 0.2) is 60.7 Å². The van der Waals surface area contributed by atoms with Crippen molar-refractivity contribution in [3.63, 3.8) is 0 Å². The summed E-state index contributed by atoms with van der Waals surface area (Å²) in [5.74, 6) is 0.215. The third-order valence-electron chi connectivity index (χ3n) is 5.67. The van der Waals surface area contributed by atoms with E-state index < -0.39 is 11.9 Å². The van der Waals surface area contributed by atoms with E-state index in [1.807, 2.05) is 74.2 Å². The molecule has 0 spiro atoms. The molecule has 7 heteroatoms. The van der Waals surface area contributed by atoms with Crippen LogP contribution in [0.4, 0.5) is 17.1 Å². The lowest BCUT2D eigenvalue weighted by Crippen LogP contribution is -2.22. The quantitative estimate of drug-likeness (QED) is 0.384. The van der Waals surface area contributed by atoms with Crippen LogP contribution in [0.3, 0.4) is 0 Å². The highest BCUT2D eigenvalue weighted by molar-refractivity contribution is 6.07. The Hall–Kier alpha value is -4.00. The van der Waals surface area contributed by atoms with Crippen molar-refractivity contribution in [3.05, 3.63) is 77.4 Å². The molecule has 0 radical (unpaired) electrons. The average Bonchev–Trinajstić information content (AvgIpc) is 2.87. The number of rotatable bonds is 7. The maximum absolute atomic E-state index is 13.1.